The van der Waals surface area contributed by atoms with Gasteiger partial charge in [0, 0.05) is 50.7 Å². The monoisotopic (exact) mass is 452 g/mol. The molecule has 1 aliphatic rings. The molecule has 10 nitrogen and oxygen atoms in total. The van der Waals surface area contributed by atoms with E-state index in [-0.39, 0.29) is 17.5 Å². The maximum absolute atomic E-state index is 14.1. The number of phenols is 1. The van der Waals surface area contributed by atoms with Crippen LogP contribution in [0.1, 0.15) is 5.69 Å². The number of phenolic OH excluding ortho intramolecular Hbond substituents is 1. The Morgan fingerprint density at radius 2 is 1.94 bits per heavy atom. The van der Waals surface area contributed by atoms with Gasteiger partial charge in [0.05, 0.1) is 43.2 Å². The zero-order valence-electron chi connectivity index (χ0n) is 18.4. The van der Waals surface area contributed by atoms with Crippen molar-refractivity contribution in [2.45, 2.75) is 0 Å². The van der Waals surface area contributed by atoms with Crippen LogP contribution < -0.4 is 20.5 Å². The minimum absolute atomic E-state index is 0.172. The number of aromatic nitrogens is 3. The van der Waals surface area contributed by atoms with Crippen LogP contribution in [0.2, 0.25) is 0 Å². The van der Waals surface area contributed by atoms with Gasteiger partial charge in [0.1, 0.15) is 5.75 Å². The van der Waals surface area contributed by atoms with E-state index in [1.165, 1.54) is 6.21 Å². The molecule has 0 radical (unpaired) electrons. The van der Waals surface area contributed by atoms with E-state index in [4.69, 9.17) is 4.74 Å². The number of nitrogens with one attached hydrogen (secondary N) is 2. The summed E-state index contributed by atoms with van der Waals surface area (Å²) < 4.78 is 19.4. The van der Waals surface area contributed by atoms with E-state index >= 15 is 0 Å². The zero-order valence-corrected chi connectivity index (χ0v) is 18.4. The number of aromatic hydroxyl groups is 1. The van der Waals surface area contributed by atoms with Crippen molar-refractivity contribution in [1.82, 2.24) is 15.0 Å². The molecule has 3 heterocycles. The second kappa shape index (κ2) is 10.1. The lowest BCUT2D eigenvalue weighted by Crippen LogP contribution is -2.37. The van der Waals surface area contributed by atoms with Crippen LogP contribution in [0.3, 0.4) is 0 Å². The first-order chi connectivity index (χ1) is 16.0. The number of hydrazone groups is 1. The molecule has 2 aromatic heterocycles. The minimum atomic E-state index is -0.486. The highest BCUT2D eigenvalue weighted by Crippen LogP contribution is 2.27. The molecule has 33 heavy (non-hydrogen) atoms. The number of benzene rings is 1. The molecular formula is C22H25FN8O2. The molecule has 0 atom stereocenters. The van der Waals surface area contributed by atoms with E-state index in [1.807, 2.05) is 36.0 Å². The van der Waals surface area contributed by atoms with Gasteiger partial charge >= 0.3 is 0 Å². The van der Waals surface area contributed by atoms with E-state index in [0.29, 0.717) is 32.0 Å². The Balaban J connectivity index is 1.38. The molecule has 0 saturated carbocycles. The molecule has 0 amide bonds. The molecule has 172 valence electrons. The second-order valence-electron chi connectivity index (χ2n) is 7.56. The third kappa shape index (κ3) is 5.83. The molecule has 3 aromatic rings. The Kier molecular flexibility index (Phi) is 6.79. The first kappa shape index (κ1) is 22.2. The highest BCUT2D eigenvalue weighted by atomic mass is 19.1. The van der Waals surface area contributed by atoms with Gasteiger partial charge in [-0.05, 0) is 18.2 Å². The van der Waals surface area contributed by atoms with Crippen molar-refractivity contribution in [3.63, 3.8) is 0 Å². The molecule has 0 aliphatic carbocycles. The molecular weight excluding hydrogens is 427 g/mol. The summed E-state index contributed by atoms with van der Waals surface area (Å²) in [6.07, 6.45) is 4.30. The van der Waals surface area contributed by atoms with E-state index in [9.17, 15) is 9.50 Å². The number of hydrogen-bond donors (Lipinski definition) is 3. The number of pyridine rings is 1. The normalized spacial score (nSPS) is 13.8. The third-order valence-corrected chi connectivity index (χ3v) is 4.89. The third-order valence-electron chi connectivity index (χ3n) is 4.89. The van der Waals surface area contributed by atoms with Crippen LogP contribution in [0, 0.1) is 5.82 Å². The Morgan fingerprint density at radius 3 is 2.67 bits per heavy atom. The molecule has 0 spiro atoms. The summed E-state index contributed by atoms with van der Waals surface area (Å²) in [6.45, 7) is 2.20. The number of hydrogen-bond acceptors (Lipinski definition) is 10. The van der Waals surface area contributed by atoms with Gasteiger partial charge in [-0.3, -0.25) is 4.98 Å². The average molecular weight is 452 g/mol. The molecule has 1 saturated heterocycles. The molecule has 1 aromatic carbocycles. The van der Waals surface area contributed by atoms with Crippen molar-refractivity contribution in [2.24, 2.45) is 5.10 Å². The Labute approximate surface area is 190 Å². The number of morpholine rings is 1. The molecule has 11 heteroatoms. The van der Waals surface area contributed by atoms with Crippen LogP contribution in [0.15, 0.2) is 47.8 Å². The van der Waals surface area contributed by atoms with Crippen molar-refractivity contribution in [3.8, 4) is 5.75 Å². The van der Waals surface area contributed by atoms with Gasteiger partial charge < -0.3 is 25.0 Å². The van der Waals surface area contributed by atoms with Gasteiger partial charge in [-0.2, -0.15) is 10.1 Å². The summed E-state index contributed by atoms with van der Waals surface area (Å²) >= 11 is 0. The summed E-state index contributed by atoms with van der Waals surface area (Å²) in [5.74, 6) is 0.101. The van der Waals surface area contributed by atoms with Crippen LogP contribution in [0.5, 0.6) is 5.75 Å². The van der Waals surface area contributed by atoms with E-state index in [2.05, 4.69) is 30.8 Å². The Hall–Kier alpha value is -3.99. The van der Waals surface area contributed by atoms with Crippen LogP contribution in [0.25, 0.3) is 0 Å². The quantitative estimate of drug-likeness (QED) is 0.368. The van der Waals surface area contributed by atoms with Gasteiger partial charge in [-0.15, -0.1) is 0 Å². The van der Waals surface area contributed by atoms with Crippen LogP contribution in [-0.2, 0) is 4.74 Å². The largest absolute Gasteiger partial charge is 0.508 e. The van der Waals surface area contributed by atoms with Gasteiger partial charge in [-0.1, -0.05) is 0 Å². The van der Waals surface area contributed by atoms with E-state index in [1.54, 1.807) is 24.4 Å². The standard InChI is InChI=1S/C22H25FN8O2/c1-30(2)18-9-17(10-19(32)11-18)27-16-4-3-15(24-12-16)13-26-29-22-25-14-20(23)21(28-22)31-5-7-33-8-6-31/h3-4,9-14,27,32H,5-8H2,1-2H3,(H,25,28,29)/b26-13-. The van der Waals surface area contributed by atoms with Gasteiger partial charge in [0.15, 0.2) is 11.6 Å². The maximum Gasteiger partial charge on any atom is 0.245 e. The molecule has 3 N–H and O–H groups in total. The fraction of sp³-hybridized carbons (Fsp3) is 0.273. The van der Waals surface area contributed by atoms with Crippen molar-refractivity contribution in [1.29, 1.82) is 0 Å². The SMILES string of the molecule is CN(C)c1cc(O)cc(Nc2ccc(/C=N\Nc3ncc(F)c(N4CCOCC4)n3)nc2)c1. The van der Waals surface area contributed by atoms with Gasteiger partial charge in [0.25, 0.3) is 0 Å². The number of nitrogens with zero attached hydrogens (tertiary/aromatic N) is 6. The molecule has 0 bridgehead atoms. The van der Waals surface area contributed by atoms with Crippen molar-refractivity contribution in [3.05, 3.63) is 54.2 Å². The fourth-order valence-electron chi connectivity index (χ4n) is 3.21. The fourth-order valence-corrected chi connectivity index (χ4v) is 3.21. The average Bonchev–Trinajstić information content (AvgIpc) is 2.81. The minimum Gasteiger partial charge on any atom is -0.508 e. The lowest BCUT2D eigenvalue weighted by atomic mass is 10.2. The van der Waals surface area contributed by atoms with E-state index in [0.717, 1.165) is 23.3 Å². The first-order valence-corrected chi connectivity index (χ1v) is 10.4. The van der Waals surface area contributed by atoms with Gasteiger partial charge in [-0.25, -0.2) is 14.8 Å². The molecule has 1 aliphatic heterocycles. The number of halogens is 1. The van der Waals surface area contributed by atoms with E-state index < -0.39 is 5.82 Å². The molecule has 0 unspecified atom stereocenters. The van der Waals surface area contributed by atoms with Crippen LogP contribution in [0.4, 0.5) is 33.2 Å². The molecule has 4 rings (SSSR count). The summed E-state index contributed by atoms with van der Waals surface area (Å²) in [6, 6.07) is 8.88. The van der Waals surface area contributed by atoms with Crippen molar-refractivity contribution in [2.75, 3.05) is 60.9 Å². The second-order valence-corrected chi connectivity index (χ2v) is 7.56. The predicted octanol–water partition coefficient (Wildman–Crippen LogP) is 2.81. The highest BCUT2D eigenvalue weighted by Gasteiger charge is 2.17. The van der Waals surface area contributed by atoms with Gasteiger partial charge in [0.2, 0.25) is 5.95 Å². The zero-order chi connectivity index (χ0) is 23.2. The van der Waals surface area contributed by atoms with Crippen molar-refractivity contribution >= 4 is 35.0 Å². The predicted molar refractivity (Wildman–Crippen MR) is 126 cm³/mol. The van der Waals surface area contributed by atoms with Crippen molar-refractivity contribution < 1.29 is 14.2 Å². The lowest BCUT2D eigenvalue weighted by molar-refractivity contribution is 0.122. The lowest BCUT2D eigenvalue weighted by Gasteiger charge is -2.27. The first-order valence-electron chi connectivity index (χ1n) is 10.4. The smallest absolute Gasteiger partial charge is 0.245 e. The summed E-state index contributed by atoms with van der Waals surface area (Å²) in [7, 11) is 3.81. The topological polar surface area (TPSA) is 111 Å². The summed E-state index contributed by atoms with van der Waals surface area (Å²) in [4.78, 5) is 16.2. The molecule has 1 fully saturated rings. The Morgan fingerprint density at radius 1 is 1.12 bits per heavy atom. The van der Waals surface area contributed by atoms with Crippen LogP contribution in [-0.4, -0.2) is 66.7 Å². The van der Waals surface area contributed by atoms with Crippen LogP contribution >= 0.6 is 0 Å². The summed E-state index contributed by atoms with van der Waals surface area (Å²) in [5.41, 5.74) is 5.69. The number of ether oxygens (including phenoxy) is 1. The number of rotatable bonds is 7. The maximum atomic E-state index is 14.1. The summed E-state index contributed by atoms with van der Waals surface area (Å²) in [5, 5.41) is 17.2. The highest BCUT2D eigenvalue weighted by molar-refractivity contribution is 5.78. The Bertz CT molecular complexity index is 1120. The number of anilines is 5.